The Morgan fingerprint density at radius 3 is 2.66 bits per heavy atom. The van der Waals surface area contributed by atoms with Crippen LogP contribution in [0.5, 0.6) is 11.5 Å². The average Bonchev–Trinajstić information content (AvgIpc) is 3.02. The quantitative estimate of drug-likeness (QED) is 0.583. The van der Waals surface area contributed by atoms with Gasteiger partial charge in [-0.1, -0.05) is 23.4 Å². The summed E-state index contributed by atoms with van der Waals surface area (Å²) in [7, 11) is 1.58. The molecule has 150 valence electrons. The lowest BCUT2D eigenvalue weighted by molar-refractivity contribution is -0.111. The molecular weight excluding hydrogens is 368 g/mol. The van der Waals surface area contributed by atoms with Crippen molar-refractivity contribution in [2.45, 2.75) is 27.4 Å². The van der Waals surface area contributed by atoms with Gasteiger partial charge in [-0.25, -0.2) is 0 Å². The van der Waals surface area contributed by atoms with E-state index in [2.05, 4.69) is 10.5 Å². The summed E-state index contributed by atoms with van der Waals surface area (Å²) >= 11 is 0. The summed E-state index contributed by atoms with van der Waals surface area (Å²) in [5, 5.41) is 6.77. The van der Waals surface area contributed by atoms with Gasteiger partial charge in [0, 0.05) is 11.8 Å². The van der Waals surface area contributed by atoms with Crippen LogP contribution in [0.2, 0.25) is 0 Å². The van der Waals surface area contributed by atoms with Crippen LogP contribution in [0.15, 0.2) is 53.1 Å². The van der Waals surface area contributed by atoms with Crippen LogP contribution in [0.25, 0.3) is 6.08 Å². The zero-order chi connectivity index (χ0) is 20.8. The number of ether oxygens (including phenoxy) is 2. The number of benzene rings is 2. The van der Waals surface area contributed by atoms with E-state index in [1.54, 1.807) is 13.2 Å². The third-order valence-corrected chi connectivity index (χ3v) is 4.45. The molecule has 0 bridgehead atoms. The number of carbonyl (C=O) groups is 1. The van der Waals surface area contributed by atoms with Crippen LogP contribution in [0, 0.1) is 20.8 Å². The predicted molar refractivity (Wildman–Crippen MR) is 112 cm³/mol. The van der Waals surface area contributed by atoms with Crippen LogP contribution in [0.4, 0.5) is 5.69 Å². The van der Waals surface area contributed by atoms with Crippen LogP contribution < -0.4 is 14.8 Å². The molecule has 0 atom stereocenters. The first kappa shape index (κ1) is 20.2. The van der Waals surface area contributed by atoms with E-state index >= 15 is 0 Å². The van der Waals surface area contributed by atoms with E-state index in [9.17, 15) is 4.79 Å². The highest BCUT2D eigenvalue weighted by Crippen LogP contribution is 2.30. The van der Waals surface area contributed by atoms with Crippen molar-refractivity contribution in [2.24, 2.45) is 0 Å². The summed E-state index contributed by atoms with van der Waals surface area (Å²) in [5.41, 5.74) is 4.40. The number of hydrogen-bond acceptors (Lipinski definition) is 5. The van der Waals surface area contributed by atoms with E-state index in [1.165, 1.54) is 6.08 Å². The van der Waals surface area contributed by atoms with Crippen molar-refractivity contribution in [3.05, 3.63) is 76.7 Å². The largest absolute Gasteiger partial charge is 0.493 e. The fourth-order valence-corrected chi connectivity index (χ4v) is 2.84. The van der Waals surface area contributed by atoms with Crippen molar-refractivity contribution >= 4 is 17.7 Å². The SMILES string of the molecule is COc1cc(/C=C/C(=O)Nc2cccc(C)c2)ccc1OCc1c(C)noc1C. The molecular formula is C23H24N2O4. The Kier molecular flexibility index (Phi) is 6.34. The van der Waals surface area contributed by atoms with E-state index < -0.39 is 0 Å². The van der Waals surface area contributed by atoms with Crippen LogP contribution in [-0.2, 0) is 11.4 Å². The number of anilines is 1. The number of amides is 1. The van der Waals surface area contributed by atoms with Gasteiger partial charge in [-0.15, -0.1) is 0 Å². The van der Waals surface area contributed by atoms with E-state index in [1.807, 2.05) is 63.2 Å². The molecule has 3 rings (SSSR count). The molecule has 29 heavy (non-hydrogen) atoms. The van der Waals surface area contributed by atoms with E-state index in [4.69, 9.17) is 14.0 Å². The molecule has 2 aromatic carbocycles. The molecule has 0 radical (unpaired) electrons. The first-order valence-corrected chi connectivity index (χ1v) is 9.24. The fraction of sp³-hybridized carbons (Fsp3) is 0.217. The molecule has 0 fully saturated rings. The third kappa shape index (κ3) is 5.25. The summed E-state index contributed by atoms with van der Waals surface area (Å²) in [6.07, 6.45) is 3.22. The normalized spacial score (nSPS) is 10.9. The van der Waals surface area contributed by atoms with Crippen molar-refractivity contribution in [3.8, 4) is 11.5 Å². The lowest BCUT2D eigenvalue weighted by Crippen LogP contribution is -2.07. The van der Waals surface area contributed by atoms with Gasteiger partial charge in [0.15, 0.2) is 11.5 Å². The molecule has 1 heterocycles. The Balaban J connectivity index is 1.66. The topological polar surface area (TPSA) is 73.6 Å². The summed E-state index contributed by atoms with van der Waals surface area (Å²) in [6, 6.07) is 13.1. The van der Waals surface area contributed by atoms with Gasteiger partial charge in [0.05, 0.1) is 18.4 Å². The summed E-state index contributed by atoms with van der Waals surface area (Å²) in [4.78, 5) is 12.1. The first-order chi connectivity index (χ1) is 14.0. The molecule has 6 nitrogen and oxygen atoms in total. The maximum atomic E-state index is 12.1. The van der Waals surface area contributed by atoms with E-state index in [0.29, 0.717) is 18.1 Å². The van der Waals surface area contributed by atoms with Gasteiger partial charge in [-0.3, -0.25) is 4.79 Å². The lowest BCUT2D eigenvalue weighted by Gasteiger charge is -2.11. The van der Waals surface area contributed by atoms with Crippen molar-refractivity contribution < 1.29 is 18.8 Å². The second-order valence-electron chi connectivity index (χ2n) is 6.69. The van der Waals surface area contributed by atoms with Crippen LogP contribution in [-0.4, -0.2) is 18.2 Å². The second kappa shape index (κ2) is 9.10. The van der Waals surface area contributed by atoms with Gasteiger partial charge in [0.2, 0.25) is 5.91 Å². The van der Waals surface area contributed by atoms with E-state index in [-0.39, 0.29) is 5.91 Å². The molecule has 0 saturated heterocycles. The van der Waals surface area contributed by atoms with Crippen molar-refractivity contribution in [2.75, 3.05) is 12.4 Å². The van der Waals surface area contributed by atoms with Gasteiger partial charge >= 0.3 is 0 Å². The molecule has 0 saturated carbocycles. The van der Waals surface area contributed by atoms with Crippen molar-refractivity contribution in [3.63, 3.8) is 0 Å². The highest BCUT2D eigenvalue weighted by Gasteiger charge is 2.12. The Hall–Kier alpha value is -3.54. The summed E-state index contributed by atoms with van der Waals surface area (Å²) < 4.78 is 16.5. The smallest absolute Gasteiger partial charge is 0.248 e. The minimum absolute atomic E-state index is 0.201. The van der Waals surface area contributed by atoms with Gasteiger partial charge in [0.25, 0.3) is 0 Å². The molecule has 6 heteroatoms. The van der Waals surface area contributed by atoms with Gasteiger partial charge in [-0.05, 0) is 62.2 Å². The second-order valence-corrected chi connectivity index (χ2v) is 6.69. The Bertz CT molecular complexity index is 1020. The minimum atomic E-state index is -0.201. The summed E-state index contributed by atoms with van der Waals surface area (Å²) in [6.45, 7) is 6.05. The Morgan fingerprint density at radius 1 is 1.14 bits per heavy atom. The highest BCUT2D eigenvalue weighted by molar-refractivity contribution is 6.02. The lowest BCUT2D eigenvalue weighted by atomic mass is 10.1. The first-order valence-electron chi connectivity index (χ1n) is 9.24. The molecule has 1 amide bonds. The van der Waals surface area contributed by atoms with Crippen molar-refractivity contribution in [1.29, 1.82) is 0 Å². The number of methoxy groups -OCH3 is 1. The maximum Gasteiger partial charge on any atom is 0.248 e. The molecule has 0 unspecified atom stereocenters. The standard InChI is InChI=1S/C23H24N2O4/c1-15-6-5-7-19(12-15)24-23(26)11-9-18-8-10-21(22(13-18)27-4)28-14-20-16(2)25-29-17(20)3/h5-13H,14H2,1-4H3,(H,24,26)/b11-9+. The number of aryl methyl sites for hydroxylation is 3. The minimum Gasteiger partial charge on any atom is -0.493 e. The molecule has 1 aromatic heterocycles. The molecule has 0 aliphatic rings. The monoisotopic (exact) mass is 392 g/mol. The molecule has 0 aliphatic carbocycles. The average molecular weight is 392 g/mol. The van der Waals surface area contributed by atoms with Crippen LogP contribution in [0.3, 0.4) is 0 Å². The van der Waals surface area contributed by atoms with Gasteiger partial charge < -0.3 is 19.3 Å². The fourth-order valence-electron chi connectivity index (χ4n) is 2.84. The molecule has 3 aromatic rings. The number of hydrogen-bond donors (Lipinski definition) is 1. The van der Waals surface area contributed by atoms with Gasteiger partial charge in [-0.2, -0.15) is 0 Å². The number of aromatic nitrogens is 1. The van der Waals surface area contributed by atoms with Crippen molar-refractivity contribution in [1.82, 2.24) is 5.16 Å². The van der Waals surface area contributed by atoms with E-state index in [0.717, 1.165) is 33.8 Å². The Morgan fingerprint density at radius 2 is 1.97 bits per heavy atom. The molecule has 1 N–H and O–H groups in total. The highest BCUT2D eigenvalue weighted by atomic mass is 16.5. The predicted octanol–water partition coefficient (Wildman–Crippen LogP) is 4.84. The van der Waals surface area contributed by atoms with Crippen LogP contribution in [0.1, 0.15) is 28.1 Å². The number of carbonyl (C=O) groups excluding carboxylic acids is 1. The number of nitrogens with zero attached hydrogens (tertiary/aromatic N) is 1. The zero-order valence-corrected chi connectivity index (χ0v) is 17.0. The van der Waals surface area contributed by atoms with Crippen LogP contribution >= 0.6 is 0 Å². The van der Waals surface area contributed by atoms with Gasteiger partial charge in [0.1, 0.15) is 12.4 Å². The molecule has 0 spiro atoms. The molecule has 0 aliphatic heterocycles. The number of nitrogens with one attached hydrogen (secondary N) is 1. The third-order valence-electron chi connectivity index (χ3n) is 4.45. The summed E-state index contributed by atoms with van der Waals surface area (Å²) in [5.74, 6) is 1.72. The Labute approximate surface area is 170 Å². The maximum absolute atomic E-state index is 12.1. The zero-order valence-electron chi connectivity index (χ0n) is 17.0. The number of rotatable bonds is 7.